The molecule has 0 aliphatic heterocycles. The summed E-state index contributed by atoms with van der Waals surface area (Å²) in [5, 5.41) is 13.7. The van der Waals surface area contributed by atoms with Gasteiger partial charge in [0.05, 0.1) is 15.8 Å². The van der Waals surface area contributed by atoms with Crippen molar-refractivity contribution < 1.29 is 32.3 Å². The molecule has 11 heteroatoms. The second-order valence-corrected chi connectivity index (χ2v) is 7.69. The maximum Gasteiger partial charge on any atom is 0.573 e. The number of benzene rings is 1. The Morgan fingerprint density at radius 1 is 1.24 bits per heavy atom. The van der Waals surface area contributed by atoms with E-state index in [1.807, 2.05) is 0 Å². The van der Waals surface area contributed by atoms with E-state index in [4.69, 9.17) is 16.1 Å². The minimum Gasteiger partial charge on any atom is -0.477 e. The van der Waals surface area contributed by atoms with E-state index < -0.39 is 18.1 Å². The Bertz CT molecular complexity index is 1210. The van der Waals surface area contributed by atoms with Gasteiger partial charge in [-0.25, -0.2) is 4.79 Å². The van der Waals surface area contributed by atoms with Crippen molar-refractivity contribution >= 4 is 39.8 Å². The minimum atomic E-state index is -4.84. The number of aromatic carboxylic acids is 1. The molecule has 0 saturated carbocycles. The van der Waals surface area contributed by atoms with Crippen LogP contribution in [0.25, 0.3) is 21.5 Å². The highest BCUT2D eigenvalue weighted by atomic mass is 35.5. The van der Waals surface area contributed by atoms with Crippen molar-refractivity contribution in [1.29, 1.82) is 0 Å². The van der Waals surface area contributed by atoms with Gasteiger partial charge in [-0.15, -0.1) is 24.5 Å². The van der Waals surface area contributed by atoms with Crippen molar-refractivity contribution in [2.75, 3.05) is 0 Å². The van der Waals surface area contributed by atoms with Gasteiger partial charge in [-0.05, 0) is 36.4 Å². The first-order valence-corrected chi connectivity index (χ1v) is 9.23. The SMILES string of the molecule is O=C(O)c1cc2cc(OC(F)(F)F)ccc2n1Cc1cc(-c2ccc(Cl)s2)on1. The second kappa shape index (κ2) is 7.12. The van der Waals surface area contributed by atoms with Gasteiger partial charge in [-0.3, -0.25) is 0 Å². The summed E-state index contributed by atoms with van der Waals surface area (Å²) in [6.45, 7) is 0.0488. The van der Waals surface area contributed by atoms with E-state index in [1.165, 1.54) is 28.0 Å². The van der Waals surface area contributed by atoms with Gasteiger partial charge in [0, 0.05) is 17.0 Å². The first-order chi connectivity index (χ1) is 13.7. The summed E-state index contributed by atoms with van der Waals surface area (Å²) >= 11 is 7.22. The molecule has 6 nitrogen and oxygen atoms in total. The van der Waals surface area contributed by atoms with Crippen molar-refractivity contribution in [3.63, 3.8) is 0 Å². The highest BCUT2D eigenvalue weighted by Crippen LogP contribution is 2.32. The van der Waals surface area contributed by atoms with Gasteiger partial charge < -0.3 is 18.9 Å². The monoisotopic (exact) mass is 442 g/mol. The van der Waals surface area contributed by atoms with Crippen LogP contribution in [0.4, 0.5) is 13.2 Å². The molecule has 3 heterocycles. The molecule has 4 rings (SSSR count). The molecule has 0 radical (unpaired) electrons. The molecule has 1 N–H and O–H groups in total. The number of carboxylic acids is 1. The molecule has 0 amide bonds. The Hall–Kier alpha value is -2.98. The van der Waals surface area contributed by atoms with Crippen LogP contribution in [0, 0.1) is 0 Å². The number of halogens is 4. The van der Waals surface area contributed by atoms with Crippen LogP contribution in [0.1, 0.15) is 16.2 Å². The molecule has 1 aromatic carbocycles. The predicted octanol–water partition coefficient (Wildman–Crippen LogP) is 5.66. The molecule has 4 aromatic rings. The van der Waals surface area contributed by atoms with Crippen molar-refractivity contribution in [3.8, 4) is 16.4 Å². The largest absolute Gasteiger partial charge is 0.573 e. The van der Waals surface area contributed by atoms with E-state index in [0.29, 0.717) is 21.3 Å². The van der Waals surface area contributed by atoms with Gasteiger partial charge in [-0.1, -0.05) is 16.8 Å². The number of carboxylic acid groups (broad SMARTS) is 1. The molecule has 3 aromatic heterocycles. The van der Waals surface area contributed by atoms with Crippen LogP contribution in [-0.2, 0) is 6.54 Å². The van der Waals surface area contributed by atoms with E-state index in [0.717, 1.165) is 17.0 Å². The Kier molecular flexibility index (Phi) is 4.75. The lowest BCUT2D eigenvalue weighted by atomic mass is 10.2. The predicted molar refractivity (Wildman–Crippen MR) is 99.5 cm³/mol. The number of hydrogen-bond acceptors (Lipinski definition) is 5. The van der Waals surface area contributed by atoms with Crippen molar-refractivity contribution in [2.45, 2.75) is 12.9 Å². The standard InChI is InChI=1S/C18H10ClF3N2O4S/c19-16-4-3-15(29-16)14-7-10(23-28-14)8-24-12-2-1-11(27-18(20,21)22)5-9(12)6-13(24)17(25)26/h1-7H,8H2,(H,25,26). The summed E-state index contributed by atoms with van der Waals surface area (Å²) in [6.07, 6.45) is -4.84. The van der Waals surface area contributed by atoms with Gasteiger partial charge in [0.15, 0.2) is 5.76 Å². The van der Waals surface area contributed by atoms with Crippen molar-refractivity contribution in [1.82, 2.24) is 9.72 Å². The Morgan fingerprint density at radius 3 is 2.69 bits per heavy atom. The first kappa shape index (κ1) is 19.3. The highest BCUT2D eigenvalue weighted by Gasteiger charge is 2.31. The summed E-state index contributed by atoms with van der Waals surface area (Å²) in [6, 6.07) is 10.0. The van der Waals surface area contributed by atoms with E-state index in [2.05, 4.69) is 9.89 Å². The minimum absolute atomic E-state index is 0.0488. The number of ether oxygens (including phenoxy) is 1. The van der Waals surface area contributed by atoms with E-state index in [1.54, 1.807) is 18.2 Å². The second-order valence-electron chi connectivity index (χ2n) is 5.98. The zero-order valence-corrected chi connectivity index (χ0v) is 15.8. The molecule has 0 unspecified atom stereocenters. The van der Waals surface area contributed by atoms with Gasteiger partial charge in [-0.2, -0.15) is 0 Å². The third-order valence-electron chi connectivity index (χ3n) is 4.02. The van der Waals surface area contributed by atoms with Gasteiger partial charge >= 0.3 is 12.3 Å². The van der Waals surface area contributed by atoms with E-state index in [9.17, 15) is 23.1 Å². The summed E-state index contributed by atoms with van der Waals surface area (Å²) in [7, 11) is 0. The van der Waals surface area contributed by atoms with Gasteiger partial charge in [0.2, 0.25) is 0 Å². The first-order valence-electron chi connectivity index (χ1n) is 8.03. The molecule has 29 heavy (non-hydrogen) atoms. The Labute approximate surface area is 169 Å². The smallest absolute Gasteiger partial charge is 0.477 e. The summed E-state index contributed by atoms with van der Waals surface area (Å²) in [4.78, 5) is 12.4. The van der Waals surface area contributed by atoms with Crippen molar-refractivity contribution in [2.24, 2.45) is 0 Å². The molecule has 0 saturated heterocycles. The summed E-state index contributed by atoms with van der Waals surface area (Å²) < 4.78 is 48.5. The molecule has 0 spiro atoms. The average Bonchev–Trinajstić information content (AvgIpc) is 3.32. The molecule has 0 aliphatic rings. The molecule has 0 fully saturated rings. The molecule has 0 bridgehead atoms. The van der Waals surface area contributed by atoms with Crippen LogP contribution in [0.5, 0.6) is 5.75 Å². The number of aromatic nitrogens is 2. The normalized spacial score (nSPS) is 11.9. The van der Waals surface area contributed by atoms with E-state index >= 15 is 0 Å². The fraction of sp³-hybridized carbons (Fsp3) is 0.111. The Morgan fingerprint density at radius 2 is 2.03 bits per heavy atom. The van der Waals surface area contributed by atoms with Gasteiger partial charge in [0.1, 0.15) is 17.1 Å². The lowest BCUT2D eigenvalue weighted by Crippen LogP contribution is -2.17. The number of thiophene rings is 1. The number of fused-ring (bicyclic) bond motifs is 1. The van der Waals surface area contributed by atoms with Crippen LogP contribution >= 0.6 is 22.9 Å². The molecule has 0 aliphatic carbocycles. The topological polar surface area (TPSA) is 77.5 Å². The molecular formula is C18H10ClF3N2O4S. The number of nitrogens with zero attached hydrogens (tertiary/aromatic N) is 2. The zero-order chi connectivity index (χ0) is 20.8. The fourth-order valence-electron chi connectivity index (χ4n) is 2.90. The van der Waals surface area contributed by atoms with Crippen LogP contribution in [0.2, 0.25) is 4.34 Å². The fourth-order valence-corrected chi connectivity index (χ4v) is 3.90. The van der Waals surface area contributed by atoms with Gasteiger partial charge in [0.25, 0.3) is 0 Å². The quantitative estimate of drug-likeness (QED) is 0.431. The molecule has 0 atom stereocenters. The average molecular weight is 443 g/mol. The molecule has 150 valence electrons. The number of carbonyl (C=O) groups is 1. The third-order valence-corrected chi connectivity index (χ3v) is 5.27. The van der Waals surface area contributed by atoms with Crippen LogP contribution < -0.4 is 4.74 Å². The van der Waals surface area contributed by atoms with Crippen molar-refractivity contribution in [3.05, 3.63) is 58.2 Å². The lowest BCUT2D eigenvalue weighted by Gasteiger charge is -2.09. The Balaban J connectivity index is 1.70. The summed E-state index contributed by atoms with van der Waals surface area (Å²) in [5.74, 6) is -1.18. The maximum absolute atomic E-state index is 12.4. The zero-order valence-electron chi connectivity index (χ0n) is 14.2. The highest BCUT2D eigenvalue weighted by molar-refractivity contribution is 7.19. The molecular weight excluding hydrogens is 433 g/mol. The maximum atomic E-state index is 12.4. The lowest BCUT2D eigenvalue weighted by molar-refractivity contribution is -0.274. The summed E-state index contributed by atoms with van der Waals surface area (Å²) in [5.41, 5.74) is 0.758. The van der Waals surface area contributed by atoms with Crippen LogP contribution in [0.15, 0.2) is 47.0 Å². The third kappa shape index (κ3) is 4.08. The van der Waals surface area contributed by atoms with E-state index in [-0.39, 0.29) is 17.6 Å². The van der Waals surface area contributed by atoms with Crippen LogP contribution in [-0.4, -0.2) is 27.2 Å². The number of alkyl halides is 3. The number of rotatable bonds is 5. The number of hydrogen-bond donors (Lipinski definition) is 1. The van der Waals surface area contributed by atoms with Crippen LogP contribution in [0.3, 0.4) is 0 Å².